The molecule has 5 rings (SSSR count). The first-order valence-corrected chi connectivity index (χ1v) is 11.3. The van der Waals surface area contributed by atoms with Crippen molar-refractivity contribution >= 4 is 16.6 Å². The SMILES string of the molecule is CC(C)(O)Cn1cc(-c2ccc(-c3cnc4[nH]ccc4c3C3=CCC(C#N)CC3)cc2)cn1. The average Bonchev–Trinajstić information content (AvgIpc) is 3.47. The second-order valence-corrected chi connectivity index (χ2v) is 9.43. The van der Waals surface area contributed by atoms with E-state index in [-0.39, 0.29) is 5.92 Å². The van der Waals surface area contributed by atoms with Crippen molar-refractivity contribution in [2.75, 3.05) is 0 Å². The summed E-state index contributed by atoms with van der Waals surface area (Å²) in [6, 6.07) is 13.0. The Morgan fingerprint density at radius 3 is 2.64 bits per heavy atom. The molecule has 1 aliphatic rings. The summed E-state index contributed by atoms with van der Waals surface area (Å²) < 4.78 is 1.77. The van der Waals surface area contributed by atoms with E-state index in [2.05, 4.69) is 57.5 Å². The molecule has 1 unspecified atom stereocenters. The summed E-state index contributed by atoms with van der Waals surface area (Å²) in [6.07, 6.45) is 12.5. The van der Waals surface area contributed by atoms with Gasteiger partial charge in [-0.15, -0.1) is 0 Å². The van der Waals surface area contributed by atoms with Gasteiger partial charge in [0.15, 0.2) is 0 Å². The van der Waals surface area contributed by atoms with Crippen LogP contribution in [0.5, 0.6) is 0 Å². The number of nitrogens with zero attached hydrogens (tertiary/aromatic N) is 4. The Balaban J connectivity index is 1.50. The molecule has 3 heterocycles. The first kappa shape index (κ1) is 21.2. The lowest BCUT2D eigenvalue weighted by Gasteiger charge is -2.20. The van der Waals surface area contributed by atoms with Crippen LogP contribution in [0.2, 0.25) is 0 Å². The van der Waals surface area contributed by atoms with E-state index >= 15 is 0 Å². The Morgan fingerprint density at radius 1 is 1.15 bits per heavy atom. The Kier molecular flexibility index (Phi) is 5.35. The number of aromatic nitrogens is 4. The lowest BCUT2D eigenvalue weighted by atomic mass is 9.84. The minimum absolute atomic E-state index is 0.109. The van der Waals surface area contributed by atoms with Crippen LogP contribution < -0.4 is 0 Å². The van der Waals surface area contributed by atoms with Gasteiger partial charge in [-0.25, -0.2) is 4.98 Å². The van der Waals surface area contributed by atoms with E-state index in [1.54, 1.807) is 18.5 Å². The Labute approximate surface area is 193 Å². The number of aliphatic hydroxyl groups is 1. The van der Waals surface area contributed by atoms with Gasteiger partial charge >= 0.3 is 0 Å². The number of nitriles is 1. The highest BCUT2D eigenvalue weighted by Crippen LogP contribution is 2.39. The first-order chi connectivity index (χ1) is 15.9. The zero-order chi connectivity index (χ0) is 23.0. The number of pyridine rings is 1. The van der Waals surface area contributed by atoms with E-state index < -0.39 is 5.60 Å². The van der Waals surface area contributed by atoms with Gasteiger partial charge < -0.3 is 10.1 Å². The lowest BCUT2D eigenvalue weighted by Crippen LogP contribution is -2.26. The van der Waals surface area contributed by atoms with Gasteiger partial charge in [0.05, 0.1) is 30.3 Å². The van der Waals surface area contributed by atoms with Gasteiger partial charge in [-0.1, -0.05) is 30.3 Å². The molecule has 0 radical (unpaired) electrons. The van der Waals surface area contributed by atoms with Crippen molar-refractivity contribution < 1.29 is 5.11 Å². The maximum Gasteiger partial charge on any atom is 0.137 e. The Morgan fingerprint density at radius 2 is 1.94 bits per heavy atom. The van der Waals surface area contributed by atoms with Gasteiger partial charge in [0.2, 0.25) is 0 Å². The van der Waals surface area contributed by atoms with Crippen molar-refractivity contribution in [1.29, 1.82) is 5.26 Å². The van der Waals surface area contributed by atoms with Crippen LogP contribution >= 0.6 is 0 Å². The molecule has 0 spiro atoms. The van der Waals surface area contributed by atoms with Gasteiger partial charge in [0.25, 0.3) is 0 Å². The average molecular weight is 438 g/mol. The van der Waals surface area contributed by atoms with E-state index in [0.717, 1.165) is 52.5 Å². The summed E-state index contributed by atoms with van der Waals surface area (Å²) in [5, 5.41) is 24.8. The third-order valence-corrected chi connectivity index (χ3v) is 6.21. The number of nitrogens with one attached hydrogen (secondary N) is 1. The Hall–Kier alpha value is -3.69. The van der Waals surface area contributed by atoms with E-state index in [1.807, 2.05) is 24.8 Å². The van der Waals surface area contributed by atoms with Crippen molar-refractivity contribution in [3.63, 3.8) is 0 Å². The summed E-state index contributed by atoms with van der Waals surface area (Å²) in [6.45, 7) is 4.00. The monoisotopic (exact) mass is 437 g/mol. The number of fused-ring (bicyclic) bond motifs is 1. The smallest absolute Gasteiger partial charge is 0.137 e. The predicted molar refractivity (Wildman–Crippen MR) is 130 cm³/mol. The zero-order valence-corrected chi connectivity index (χ0v) is 18.9. The number of aromatic amines is 1. The third-order valence-electron chi connectivity index (χ3n) is 6.21. The number of H-pyrrole nitrogens is 1. The highest BCUT2D eigenvalue weighted by Gasteiger charge is 2.20. The topological polar surface area (TPSA) is 90.5 Å². The normalized spacial score (nSPS) is 16.5. The number of benzene rings is 1. The minimum Gasteiger partial charge on any atom is -0.389 e. The van der Waals surface area contributed by atoms with Gasteiger partial charge in [-0.05, 0) is 61.4 Å². The largest absolute Gasteiger partial charge is 0.389 e. The summed E-state index contributed by atoms with van der Waals surface area (Å²) in [5.74, 6) is 0.109. The minimum atomic E-state index is -0.811. The fourth-order valence-corrected chi connectivity index (χ4v) is 4.59. The second kappa shape index (κ2) is 8.34. The summed E-state index contributed by atoms with van der Waals surface area (Å²) >= 11 is 0. The molecule has 0 saturated heterocycles. The third kappa shape index (κ3) is 4.33. The van der Waals surface area contributed by atoms with Crippen LogP contribution in [0, 0.1) is 17.2 Å². The molecule has 1 aromatic carbocycles. The van der Waals surface area contributed by atoms with Gasteiger partial charge in [-0.3, -0.25) is 4.68 Å². The Bertz CT molecular complexity index is 1360. The van der Waals surface area contributed by atoms with Crippen molar-refractivity contribution in [3.05, 3.63) is 66.8 Å². The van der Waals surface area contributed by atoms with E-state index in [9.17, 15) is 10.4 Å². The molecule has 0 fully saturated rings. The lowest BCUT2D eigenvalue weighted by molar-refractivity contribution is 0.0577. The van der Waals surface area contributed by atoms with Crippen LogP contribution in [0.25, 0.3) is 38.9 Å². The number of rotatable bonds is 5. The quantitative estimate of drug-likeness (QED) is 0.427. The van der Waals surface area contributed by atoms with Crippen molar-refractivity contribution in [3.8, 4) is 28.3 Å². The number of hydrogen-bond acceptors (Lipinski definition) is 4. The molecule has 4 aromatic rings. The number of allylic oxidation sites excluding steroid dienone is 2. The summed E-state index contributed by atoms with van der Waals surface area (Å²) in [5.41, 5.74) is 6.88. The van der Waals surface area contributed by atoms with Crippen LogP contribution in [-0.4, -0.2) is 30.5 Å². The van der Waals surface area contributed by atoms with Gasteiger partial charge in [0.1, 0.15) is 5.65 Å². The molecule has 166 valence electrons. The molecule has 3 aromatic heterocycles. The molecule has 6 nitrogen and oxygen atoms in total. The number of hydrogen-bond donors (Lipinski definition) is 2. The van der Waals surface area contributed by atoms with Crippen LogP contribution in [0.3, 0.4) is 0 Å². The molecular weight excluding hydrogens is 410 g/mol. The first-order valence-electron chi connectivity index (χ1n) is 11.3. The maximum absolute atomic E-state index is 10.0. The second-order valence-electron chi connectivity index (χ2n) is 9.43. The van der Waals surface area contributed by atoms with Crippen LogP contribution in [0.4, 0.5) is 0 Å². The van der Waals surface area contributed by atoms with Crippen molar-refractivity contribution in [2.45, 2.75) is 45.3 Å². The molecular formula is C27H27N5O. The molecule has 0 amide bonds. The molecule has 33 heavy (non-hydrogen) atoms. The predicted octanol–water partition coefficient (Wildman–Crippen LogP) is 5.57. The summed E-state index contributed by atoms with van der Waals surface area (Å²) in [7, 11) is 0. The van der Waals surface area contributed by atoms with E-state index in [1.165, 1.54) is 11.1 Å². The molecule has 6 heteroatoms. The fraction of sp³-hybridized carbons (Fsp3) is 0.296. The molecule has 0 bridgehead atoms. The van der Waals surface area contributed by atoms with Crippen LogP contribution in [-0.2, 0) is 6.54 Å². The van der Waals surface area contributed by atoms with Crippen LogP contribution in [0.15, 0.2) is 61.2 Å². The van der Waals surface area contributed by atoms with Gasteiger partial charge in [-0.2, -0.15) is 10.4 Å². The van der Waals surface area contributed by atoms with E-state index in [4.69, 9.17) is 0 Å². The fourth-order valence-electron chi connectivity index (χ4n) is 4.59. The standard InChI is InChI=1S/C27H27N5O/c1-27(2,33)17-32-16-22(14-31-32)19-7-9-20(10-8-19)24-15-30-26-23(11-12-29-26)25(24)21-5-3-18(13-28)4-6-21/h5,7-12,14-16,18,33H,3-4,6,17H2,1-2H3,(H,29,30). The summed E-state index contributed by atoms with van der Waals surface area (Å²) in [4.78, 5) is 7.88. The zero-order valence-electron chi connectivity index (χ0n) is 18.9. The highest BCUT2D eigenvalue weighted by molar-refractivity contribution is 5.97. The van der Waals surface area contributed by atoms with Crippen molar-refractivity contribution in [1.82, 2.24) is 19.7 Å². The molecule has 2 N–H and O–H groups in total. The van der Waals surface area contributed by atoms with Crippen molar-refractivity contribution in [2.24, 2.45) is 5.92 Å². The van der Waals surface area contributed by atoms with E-state index in [0.29, 0.717) is 6.54 Å². The molecule has 0 aliphatic heterocycles. The molecule has 0 saturated carbocycles. The molecule has 1 atom stereocenters. The maximum atomic E-state index is 10.0. The highest BCUT2D eigenvalue weighted by atomic mass is 16.3. The van der Waals surface area contributed by atoms with Crippen LogP contribution in [0.1, 0.15) is 38.7 Å². The molecule has 1 aliphatic carbocycles. The van der Waals surface area contributed by atoms with Gasteiger partial charge in [0, 0.05) is 35.1 Å².